The lowest BCUT2D eigenvalue weighted by Crippen LogP contribution is -2.53. The lowest BCUT2D eigenvalue weighted by atomic mass is 9.98. The van der Waals surface area contributed by atoms with E-state index < -0.39 is 5.54 Å². The van der Waals surface area contributed by atoms with Gasteiger partial charge in [0.15, 0.2) is 0 Å². The first-order chi connectivity index (χ1) is 7.14. The van der Waals surface area contributed by atoms with E-state index in [0.717, 1.165) is 18.2 Å². The molecular weight excluding hydrogens is 262 g/mol. The molecule has 0 heterocycles. The number of aliphatic hydroxyl groups is 2. The van der Waals surface area contributed by atoms with E-state index in [1.165, 1.54) is 0 Å². The molecule has 0 spiro atoms. The average Bonchev–Trinajstić information content (AvgIpc) is 2.26. The Labute approximate surface area is 99.2 Å². The molecule has 15 heavy (non-hydrogen) atoms. The van der Waals surface area contributed by atoms with E-state index in [9.17, 15) is 4.79 Å². The summed E-state index contributed by atoms with van der Waals surface area (Å²) in [7, 11) is 0. The number of halogens is 1. The first-order valence-corrected chi connectivity index (χ1v) is 6.35. The molecule has 0 aromatic rings. The highest BCUT2D eigenvalue weighted by molar-refractivity contribution is 9.09. The van der Waals surface area contributed by atoms with Crippen LogP contribution < -0.4 is 5.32 Å². The third-order valence-corrected chi connectivity index (χ3v) is 3.03. The molecule has 5 heteroatoms. The summed E-state index contributed by atoms with van der Waals surface area (Å²) < 4.78 is 0. The summed E-state index contributed by atoms with van der Waals surface area (Å²) in [6.07, 6.45) is 2.72. The summed E-state index contributed by atoms with van der Waals surface area (Å²) in [5.74, 6) is -0.110. The Balaban J connectivity index is 4.00. The van der Waals surface area contributed by atoms with Crippen LogP contribution in [0.4, 0.5) is 0 Å². The van der Waals surface area contributed by atoms with Gasteiger partial charge in [0.1, 0.15) is 0 Å². The molecule has 0 bridgehead atoms. The molecule has 0 aliphatic rings. The fourth-order valence-corrected chi connectivity index (χ4v) is 1.58. The molecule has 1 amide bonds. The molecule has 0 aliphatic heterocycles. The summed E-state index contributed by atoms with van der Waals surface area (Å²) in [6, 6.07) is 0. The van der Waals surface area contributed by atoms with Crippen LogP contribution in [0, 0.1) is 0 Å². The summed E-state index contributed by atoms with van der Waals surface area (Å²) in [5.41, 5.74) is -0.856. The van der Waals surface area contributed by atoms with Crippen molar-refractivity contribution in [2.24, 2.45) is 0 Å². The van der Waals surface area contributed by atoms with Crippen molar-refractivity contribution in [3.05, 3.63) is 0 Å². The normalized spacial score (nSPS) is 11.5. The van der Waals surface area contributed by atoms with Gasteiger partial charge in [0.05, 0.1) is 18.8 Å². The minimum atomic E-state index is -0.856. The maximum Gasteiger partial charge on any atom is 0.220 e. The predicted molar refractivity (Wildman–Crippen MR) is 63.0 cm³/mol. The zero-order chi connectivity index (χ0) is 11.7. The van der Waals surface area contributed by atoms with Crippen molar-refractivity contribution >= 4 is 21.8 Å². The maximum absolute atomic E-state index is 11.5. The van der Waals surface area contributed by atoms with Crippen LogP contribution in [0.2, 0.25) is 0 Å². The highest BCUT2D eigenvalue weighted by Crippen LogP contribution is 2.09. The molecule has 0 aliphatic carbocycles. The van der Waals surface area contributed by atoms with E-state index >= 15 is 0 Å². The summed E-state index contributed by atoms with van der Waals surface area (Å²) >= 11 is 3.29. The molecule has 0 radical (unpaired) electrons. The third kappa shape index (κ3) is 5.49. The Morgan fingerprint density at radius 2 is 1.93 bits per heavy atom. The number of amides is 1. The van der Waals surface area contributed by atoms with Crippen molar-refractivity contribution < 1.29 is 15.0 Å². The number of nitrogens with one attached hydrogen (secondary N) is 1. The Hall–Kier alpha value is -0.130. The second-order valence-corrected chi connectivity index (χ2v) is 4.44. The molecule has 0 atom stereocenters. The van der Waals surface area contributed by atoms with Crippen LogP contribution >= 0.6 is 15.9 Å². The van der Waals surface area contributed by atoms with E-state index in [2.05, 4.69) is 21.2 Å². The van der Waals surface area contributed by atoms with Gasteiger partial charge in [0.25, 0.3) is 0 Å². The minimum Gasteiger partial charge on any atom is -0.394 e. The number of rotatable bonds is 8. The minimum absolute atomic E-state index is 0.110. The third-order valence-electron chi connectivity index (χ3n) is 2.47. The molecule has 4 nitrogen and oxygen atoms in total. The van der Waals surface area contributed by atoms with Gasteiger partial charge in [-0.3, -0.25) is 4.79 Å². The number of carbonyl (C=O) groups is 1. The standard InChI is InChI=1S/C10H20BrNO3/c1-2-10(7-13,8-14)12-9(15)5-3-4-6-11/h13-14H,2-8H2,1H3,(H,12,15). The van der Waals surface area contributed by atoms with E-state index in [1.54, 1.807) is 0 Å². The van der Waals surface area contributed by atoms with Gasteiger partial charge in [-0.2, -0.15) is 0 Å². The zero-order valence-corrected chi connectivity index (χ0v) is 10.7. The second-order valence-electron chi connectivity index (χ2n) is 3.64. The predicted octanol–water partition coefficient (Wildman–Crippen LogP) is 0.801. The fourth-order valence-electron chi connectivity index (χ4n) is 1.18. The van der Waals surface area contributed by atoms with Crippen LogP contribution in [0.1, 0.15) is 32.6 Å². The van der Waals surface area contributed by atoms with E-state index in [0.29, 0.717) is 12.8 Å². The first-order valence-electron chi connectivity index (χ1n) is 5.23. The molecule has 90 valence electrons. The van der Waals surface area contributed by atoms with Gasteiger partial charge in [-0.15, -0.1) is 0 Å². The SMILES string of the molecule is CCC(CO)(CO)NC(=O)CCCCBr. The van der Waals surface area contributed by atoms with Crippen molar-refractivity contribution in [2.75, 3.05) is 18.5 Å². The highest BCUT2D eigenvalue weighted by atomic mass is 79.9. The van der Waals surface area contributed by atoms with Crippen LogP contribution in [0.5, 0.6) is 0 Å². The van der Waals surface area contributed by atoms with Gasteiger partial charge < -0.3 is 15.5 Å². The molecule has 3 N–H and O–H groups in total. The summed E-state index contributed by atoms with van der Waals surface area (Å²) in [5, 5.41) is 21.8. The van der Waals surface area contributed by atoms with E-state index in [4.69, 9.17) is 10.2 Å². The van der Waals surface area contributed by atoms with Gasteiger partial charge >= 0.3 is 0 Å². The average molecular weight is 282 g/mol. The topological polar surface area (TPSA) is 69.6 Å². The molecule has 0 aromatic carbocycles. The molecule has 0 fully saturated rings. The zero-order valence-electron chi connectivity index (χ0n) is 9.13. The summed E-state index contributed by atoms with van der Waals surface area (Å²) in [6.45, 7) is 1.36. The monoisotopic (exact) mass is 281 g/mol. The lowest BCUT2D eigenvalue weighted by molar-refractivity contribution is -0.124. The number of alkyl halides is 1. The molecule has 0 saturated carbocycles. The Morgan fingerprint density at radius 3 is 2.33 bits per heavy atom. The number of hydrogen-bond donors (Lipinski definition) is 3. The van der Waals surface area contributed by atoms with Crippen molar-refractivity contribution in [3.8, 4) is 0 Å². The second kappa shape index (κ2) is 8.07. The van der Waals surface area contributed by atoms with Crippen molar-refractivity contribution in [3.63, 3.8) is 0 Å². The molecular formula is C10H20BrNO3. The van der Waals surface area contributed by atoms with Crippen LogP contribution in [-0.4, -0.2) is 40.2 Å². The quantitative estimate of drug-likeness (QED) is 0.455. The van der Waals surface area contributed by atoms with Gasteiger partial charge in [-0.1, -0.05) is 22.9 Å². The largest absolute Gasteiger partial charge is 0.394 e. The van der Waals surface area contributed by atoms with Crippen molar-refractivity contribution in [1.82, 2.24) is 5.32 Å². The first kappa shape index (κ1) is 14.9. The summed E-state index contributed by atoms with van der Waals surface area (Å²) in [4.78, 5) is 11.5. The van der Waals surface area contributed by atoms with E-state index in [-0.39, 0.29) is 19.1 Å². The van der Waals surface area contributed by atoms with Crippen LogP contribution in [-0.2, 0) is 4.79 Å². The van der Waals surface area contributed by atoms with Gasteiger partial charge in [0, 0.05) is 11.8 Å². The number of hydrogen-bond acceptors (Lipinski definition) is 3. The number of aliphatic hydroxyl groups excluding tert-OH is 2. The van der Waals surface area contributed by atoms with Crippen molar-refractivity contribution in [2.45, 2.75) is 38.1 Å². The molecule has 0 aromatic heterocycles. The Kier molecular flexibility index (Phi) is 8.00. The molecule has 0 rings (SSSR count). The lowest BCUT2D eigenvalue weighted by Gasteiger charge is -2.29. The smallest absolute Gasteiger partial charge is 0.220 e. The number of carbonyl (C=O) groups excluding carboxylic acids is 1. The van der Waals surface area contributed by atoms with Crippen LogP contribution in [0.15, 0.2) is 0 Å². The number of unbranched alkanes of at least 4 members (excludes halogenated alkanes) is 1. The highest BCUT2D eigenvalue weighted by Gasteiger charge is 2.27. The fraction of sp³-hybridized carbons (Fsp3) is 0.900. The Bertz CT molecular complexity index is 175. The molecule has 0 unspecified atom stereocenters. The van der Waals surface area contributed by atoms with Crippen LogP contribution in [0.25, 0.3) is 0 Å². The van der Waals surface area contributed by atoms with Gasteiger partial charge in [0.2, 0.25) is 5.91 Å². The van der Waals surface area contributed by atoms with Crippen LogP contribution in [0.3, 0.4) is 0 Å². The Morgan fingerprint density at radius 1 is 1.33 bits per heavy atom. The van der Waals surface area contributed by atoms with Gasteiger partial charge in [-0.05, 0) is 19.3 Å². The van der Waals surface area contributed by atoms with Gasteiger partial charge in [-0.25, -0.2) is 0 Å². The van der Waals surface area contributed by atoms with E-state index in [1.807, 2.05) is 6.92 Å². The molecule has 0 saturated heterocycles. The maximum atomic E-state index is 11.5. The van der Waals surface area contributed by atoms with Crippen molar-refractivity contribution in [1.29, 1.82) is 0 Å².